The van der Waals surface area contributed by atoms with Crippen molar-refractivity contribution < 1.29 is 13.2 Å². The normalized spacial score (nSPS) is 21.3. The van der Waals surface area contributed by atoms with E-state index in [9.17, 15) is 13.2 Å². The Kier molecular flexibility index (Phi) is 5.83. The number of thioether (sulfide) groups is 1. The summed E-state index contributed by atoms with van der Waals surface area (Å²) < 4.78 is 25.3. The largest absolute Gasteiger partial charge is 0.349 e. The molecular weight excluding hydrogens is 408 g/mol. The molecule has 27 heavy (non-hydrogen) atoms. The third-order valence-electron chi connectivity index (χ3n) is 4.41. The molecule has 0 spiro atoms. The molecule has 0 aliphatic carbocycles. The second-order valence-electron chi connectivity index (χ2n) is 6.80. The highest BCUT2D eigenvalue weighted by Crippen LogP contribution is 2.26. The van der Waals surface area contributed by atoms with Crippen LogP contribution >= 0.6 is 23.4 Å². The summed E-state index contributed by atoms with van der Waals surface area (Å²) in [7, 11) is -3.07. The number of aromatic nitrogens is 3. The van der Waals surface area contributed by atoms with Gasteiger partial charge in [0.1, 0.15) is 0 Å². The van der Waals surface area contributed by atoms with E-state index in [0.29, 0.717) is 29.0 Å². The van der Waals surface area contributed by atoms with Crippen LogP contribution in [-0.2, 0) is 21.2 Å². The molecule has 146 valence electrons. The Morgan fingerprint density at radius 1 is 1.33 bits per heavy atom. The van der Waals surface area contributed by atoms with E-state index in [1.54, 1.807) is 19.1 Å². The van der Waals surface area contributed by atoms with Crippen molar-refractivity contribution in [3.05, 3.63) is 29.3 Å². The molecule has 1 aliphatic heterocycles. The van der Waals surface area contributed by atoms with Crippen molar-refractivity contribution >= 4 is 39.1 Å². The van der Waals surface area contributed by atoms with Crippen LogP contribution in [0.15, 0.2) is 29.4 Å². The summed E-state index contributed by atoms with van der Waals surface area (Å²) in [5.41, 5.74) is 0.206. The number of hydrogen-bond acceptors (Lipinski definition) is 6. The summed E-state index contributed by atoms with van der Waals surface area (Å²) in [6, 6.07) is 7.34. The van der Waals surface area contributed by atoms with Gasteiger partial charge in [-0.25, -0.2) is 8.42 Å². The topological polar surface area (TPSA) is 94.0 Å². The van der Waals surface area contributed by atoms with Crippen LogP contribution in [0, 0.1) is 0 Å². The molecule has 2 heterocycles. The van der Waals surface area contributed by atoms with Gasteiger partial charge in [0, 0.05) is 17.1 Å². The Morgan fingerprint density at radius 2 is 2.04 bits per heavy atom. The fourth-order valence-electron chi connectivity index (χ4n) is 3.10. The fraction of sp³-hybridized carbons (Fsp3) is 0.471. The van der Waals surface area contributed by atoms with Crippen LogP contribution < -0.4 is 5.32 Å². The van der Waals surface area contributed by atoms with E-state index < -0.39 is 15.4 Å². The predicted octanol–water partition coefficient (Wildman–Crippen LogP) is 2.40. The molecule has 1 fully saturated rings. The maximum atomic E-state index is 12.3. The molecule has 1 aromatic heterocycles. The van der Waals surface area contributed by atoms with E-state index >= 15 is 0 Å². The Hall–Kier alpha value is -1.58. The molecule has 1 atom stereocenters. The average molecular weight is 429 g/mol. The third-order valence-corrected chi connectivity index (χ3v) is 7.53. The zero-order valence-electron chi connectivity index (χ0n) is 15.1. The lowest BCUT2D eigenvalue weighted by molar-refractivity contribution is -0.120. The van der Waals surface area contributed by atoms with E-state index in [0.717, 1.165) is 5.56 Å². The van der Waals surface area contributed by atoms with Gasteiger partial charge in [-0.1, -0.05) is 23.4 Å². The van der Waals surface area contributed by atoms with Crippen LogP contribution in [0.5, 0.6) is 0 Å². The highest BCUT2D eigenvalue weighted by molar-refractivity contribution is 7.99. The molecule has 1 saturated heterocycles. The van der Waals surface area contributed by atoms with E-state index in [-0.39, 0.29) is 23.2 Å². The zero-order valence-corrected chi connectivity index (χ0v) is 17.5. The molecule has 3 rings (SSSR count). The van der Waals surface area contributed by atoms with Crippen LogP contribution in [0.1, 0.15) is 20.3 Å². The van der Waals surface area contributed by atoms with Crippen LogP contribution in [0.4, 0.5) is 0 Å². The van der Waals surface area contributed by atoms with Crippen LogP contribution in [0.3, 0.4) is 0 Å². The van der Waals surface area contributed by atoms with Gasteiger partial charge >= 0.3 is 0 Å². The summed E-state index contributed by atoms with van der Waals surface area (Å²) >= 11 is 7.21. The number of carbonyl (C=O) groups is 1. The van der Waals surface area contributed by atoms with Crippen LogP contribution in [-0.4, -0.2) is 51.9 Å². The summed E-state index contributed by atoms with van der Waals surface area (Å²) in [4.78, 5) is 12.3. The Labute approximate surface area is 167 Å². The molecule has 2 aromatic rings. The molecule has 0 bridgehead atoms. The third kappa shape index (κ3) is 4.83. The average Bonchev–Trinajstić information content (AvgIpc) is 3.13. The van der Waals surface area contributed by atoms with Crippen molar-refractivity contribution in [1.29, 1.82) is 0 Å². The van der Waals surface area contributed by atoms with Gasteiger partial charge in [0.05, 0.1) is 22.8 Å². The lowest BCUT2D eigenvalue weighted by Crippen LogP contribution is -2.47. The number of halogens is 1. The van der Waals surface area contributed by atoms with E-state index in [4.69, 9.17) is 11.6 Å². The Balaban J connectivity index is 1.66. The number of sulfone groups is 1. The van der Waals surface area contributed by atoms with Gasteiger partial charge in [0.25, 0.3) is 0 Å². The second-order valence-corrected chi connectivity index (χ2v) is 10.4. The zero-order chi connectivity index (χ0) is 19.7. The Bertz CT molecular complexity index is 944. The van der Waals surface area contributed by atoms with Crippen molar-refractivity contribution in [2.24, 2.45) is 0 Å². The molecule has 0 radical (unpaired) electrons. The highest BCUT2D eigenvalue weighted by atomic mass is 35.5. The number of hydrogen-bond donors (Lipinski definition) is 1. The molecular formula is C17H21ClN4O3S2. The van der Waals surface area contributed by atoms with Crippen molar-refractivity contribution in [3.8, 4) is 11.4 Å². The first kappa shape index (κ1) is 20.2. The van der Waals surface area contributed by atoms with Gasteiger partial charge < -0.3 is 9.88 Å². The van der Waals surface area contributed by atoms with Gasteiger partial charge in [-0.2, -0.15) is 0 Å². The maximum absolute atomic E-state index is 12.3. The summed E-state index contributed by atoms with van der Waals surface area (Å²) in [5, 5.41) is 12.6. The smallest absolute Gasteiger partial charge is 0.230 e. The summed E-state index contributed by atoms with van der Waals surface area (Å²) in [6.45, 7) is 4.41. The molecule has 1 N–H and O–H groups in total. The molecule has 0 saturated carbocycles. The van der Waals surface area contributed by atoms with Gasteiger partial charge in [0.15, 0.2) is 20.8 Å². The number of carbonyl (C=O) groups excluding carboxylic acids is 1. The number of amides is 1. The minimum atomic E-state index is -3.07. The number of benzene rings is 1. The number of nitrogens with one attached hydrogen (secondary N) is 1. The fourth-order valence-corrected chi connectivity index (χ4v) is 6.13. The molecule has 10 heteroatoms. The standard InChI is InChI=1S/C17H21ClN4O3S2/c1-3-22-15(12-4-6-13(18)7-5-12)20-21-16(22)26-10-14(23)19-17(2)8-9-27(24,25)11-17/h4-7H,3,8-11H2,1-2H3,(H,19,23). The van der Waals surface area contributed by atoms with Crippen molar-refractivity contribution in [1.82, 2.24) is 20.1 Å². The Morgan fingerprint density at radius 3 is 2.63 bits per heavy atom. The highest BCUT2D eigenvalue weighted by Gasteiger charge is 2.39. The molecule has 1 unspecified atom stereocenters. The second kappa shape index (κ2) is 7.81. The molecule has 7 nitrogen and oxygen atoms in total. The minimum Gasteiger partial charge on any atom is -0.349 e. The lowest BCUT2D eigenvalue weighted by Gasteiger charge is -2.23. The SMILES string of the molecule is CCn1c(SCC(=O)NC2(C)CCS(=O)(=O)C2)nnc1-c1ccc(Cl)cc1. The van der Waals surface area contributed by atoms with Gasteiger partial charge in [-0.3, -0.25) is 4.79 Å². The van der Waals surface area contributed by atoms with Crippen molar-refractivity contribution in [3.63, 3.8) is 0 Å². The van der Waals surface area contributed by atoms with E-state index in [2.05, 4.69) is 15.5 Å². The lowest BCUT2D eigenvalue weighted by atomic mass is 10.0. The predicted molar refractivity (Wildman–Crippen MR) is 107 cm³/mol. The molecule has 1 aliphatic rings. The van der Waals surface area contributed by atoms with Gasteiger partial charge in [0.2, 0.25) is 5.91 Å². The first-order valence-corrected chi connectivity index (χ1v) is 11.7. The summed E-state index contributed by atoms with van der Waals surface area (Å²) in [6.07, 6.45) is 0.442. The van der Waals surface area contributed by atoms with Crippen LogP contribution in [0.25, 0.3) is 11.4 Å². The number of rotatable bonds is 6. The summed E-state index contributed by atoms with van der Waals surface area (Å²) in [5.74, 6) is 0.756. The van der Waals surface area contributed by atoms with Gasteiger partial charge in [-0.15, -0.1) is 10.2 Å². The van der Waals surface area contributed by atoms with E-state index in [1.807, 2.05) is 23.6 Å². The first-order chi connectivity index (χ1) is 12.7. The minimum absolute atomic E-state index is 0.0116. The number of nitrogens with zero attached hydrogens (tertiary/aromatic N) is 3. The van der Waals surface area contributed by atoms with E-state index in [1.165, 1.54) is 11.8 Å². The molecule has 1 aromatic carbocycles. The monoisotopic (exact) mass is 428 g/mol. The maximum Gasteiger partial charge on any atom is 0.230 e. The molecule has 1 amide bonds. The van der Waals surface area contributed by atoms with Crippen molar-refractivity contribution in [2.75, 3.05) is 17.3 Å². The van der Waals surface area contributed by atoms with Crippen LogP contribution in [0.2, 0.25) is 5.02 Å². The van der Waals surface area contributed by atoms with Crippen molar-refractivity contribution in [2.45, 2.75) is 37.5 Å². The first-order valence-electron chi connectivity index (χ1n) is 8.55. The quantitative estimate of drug-likeness (QED) is 0.710. The van der Waals surface area contributed by atoms with Gasteiger partial charge in [-0.05, 0) is 44.5 Å².